The molecule has 22 heavy (non-hydrogen) atoms. The highest BCUT2D eigenvalue weighted by Gasteiger charge is 2.14. The van der Waals surface area contributed by atoms with Crippen molar-refractivity contribution in [1.29, 1.82) is 0 Å². The van der Waals surface area contributed by atoms with Gasteiger partial charge >= 0.3 is 11.8 Å². The summed E-state index contributed by atoms with van der Waals surface area (Å²) in [5, 5.41) is 4.90. The summed E-state index contributed by atoms with van der Waals surface area (Å²) in [5.74, 6) is 2.98. The Balaban J connectivity index is 1.96. The van der Waals surface area contributed by atoms with Crippen LogP contribution in [0.3, 0.4) is 0 Å². The average Bonchev–Trinajstić information content (AvgIpc) is 2.55. The molecule has 0 saturated heterocycles. The molecule has 3 amide bonds. The van der Waals surface area contributed by atoms with Gasteiger partial charge in [-0.15, -0.1) is 0 Å². The van der Waals surface area contributed by atoms with E-state index < -0.39 is 17.7 Å². The molecule has 7 heteroatoms. The lowest BCUT2D eigenvalue weighted by molar-refractivity contribution is -0.132. The molecule has 0 fully saturated rings. The average molecular weight is 298 g/mol. The maximum atomic E-state index is 11.8. The Morgan fingerprint density at radius 2 is 1.23 bits per heavy atom. The molecule has 0 saturated carbocycles. The number of carbonyl (C=O) groups excluding carboxylic acids is 3. The van der Waals surface area contributed by atoms with E-state index >= 15 is 0 Å². The van der Waals surface area contributed by atoms with Gasteiger partial charge < -0.3 is 10.6 Å². The van der Waals surface area contributed by atoms with Crippen molar-refractivity contribution in [3.05, 3.63) is 60.2 Å². The molecule has 0 atom stereocenters. The van der Waals surface area contributed by atoms with E-state index in [0.29, 0.717) is 16.9 Å². The second-order valence-electron chi connectivity index (χ2n) is 4.33. The Labute approximate surface area is 126 Å². The fraction of sp³-hybridized carbons (Fsp3) is 0. The smallest absolute Gasteiger partial charge is 0.314 e. The zero-order valence-electron chi connectivity index (χ0n) is 11.5. The van der Waals surface area contributed by atoms with Crippen LogP contribution in [0, 0.1) is 0 Å². The van der Waals surface area contributed by atoms with E-state index in [2.05, 4.69) is 10.6 Å². The van der Waals surface area contributed by atoms with Gasteiger partial charge in [-0.05, 0) is 36.4 Å². The van der Waals surface area contributed by atoms with Gasteiger partial charge in [-0.2, -0.15) is 0 Å². The molecule has 5 N–H and O–H groups in total. The van der Waals surface area contributed by atoms with Crippen LogP contribution in [0.1, 0.15) is 10.4 Å². The van der Waals surface area contributed by atoms with Crippen molar-refractivity contribution in [2.75, 3.05) is 10.6 Å². The monoisotopic (exact) mass is 298 g/mol. The van der Waals surface area contributed by atoms with Crippen molar-refractivity contribution in [1.82, 2.24) is 5.43 Å². The van der Waals surface area contributed by atoms with Crippen molar-refractivity contribution < 1.29 is 14.4 Å². The van der Waals surface area contributed by atoms with E-state index in [9.17, 15) is 14.4 Å². The molecule has 0 aliphatic heterocycles. The number of nitrogens with one attached hydrogen (secondary N) is 3. The minimum Gasteiger partial charge on any atom is -0.318 e. The summed E-state index contributed by atoms with van der Waals surface area (Å²) in [6, 6.07) is 14.6. The Morgan fingerprint density at radius 1 is 0.727 bits per heavy atom. The number of carbonyl (C=O) groups is 3. The number of hydrazine groups is 1. The molecular weight excluding hydrogens is 284 g/mol. The molecule has 0 bridgehead atoms. The maximum absolute atomic E-state index is 11.8. The first-order valence-corrected chi connectivity index (χ1v) is 6.38. The van der Waals surface area contributed by atoms with Gasteiger partial charge in [0.1, 0.15) is 0 Å². The topological polar surface area (TPSA) is 113 Å². The molecule has 0 aromatic heterocycles. The Hall–Kier alpha value is -3.19. The third kappa shape index (κ3) is 3.90. The first-order chi connectivity index (χ1) is 10.6. The summed E-state index contributed by atoms with van der Waals surface area (Å²) in [5.41, 5.74) is 3.25. The van der Waals surface area contributed by atoms with Crippen LogP contribution in [0.15, 0.2) is 54.6 Å². The highest BCUT2D eigenvalue weighted by molar-refractivity contribution is 6.43. The number of hydrogen-bond acceptors (Lipinski definition) is 4. The molecule has 7 nitrogen and oxygen atoms in total. The number of amides is 3. The van der Waals surface area contributed by atoms with Crippen LogP contribution in [0.5, 0.6) is 0 Å². The lowest BCUT2D eigenvalue weighted by Crippen LogP contribution is -2.30. The van der Waals surface area contributed by atoms with Crippen LogP contribution in [-0.4, -0.2) is 17.7 Å². The largest absolute Gasteiger partial charge is 0.318 e. The number of rotatable bonds is 3. The van der Waals surface area contributed by atoms with Gasteiger partial charge in [0.15, 0.2) is 0 Å². The zero-order chi connectivity index (χ0) is 15.9. The summed E-state index contributed by atoms with van der Waals surface area (Å²) in [4.78, 5) is 34.8. The van der Waals surface area contributed by atoms with Gasteiger partial charge in [-0.1, -0.05) is 18.2 Å². The second kappa shape index (κ2) is 7.00. The van der Waals surface area contributed by atoms with Crippen LogP contribution < -0.4 is 21.9 Å². The number of para-hydroxylation sites is 1. The Bertz CT molecular complexity index is 684. The lowest BCUT2D eigenvalue weighted by Gasteiger charge is -2.07. The first kappa shape index (κ1) is 15.2. The van der Waals surface area contributed by atoms with Gasteiger partial charge in [-0.3, -0.25) is 19.8 Å². The van der Waals surface area contributed by atoms with Crippen LogP contribution >= 0.6 is 0 Å². The fourth-order valence-electron chi connectivity index (χ4n) is 1.69. The normalized spacial score (nSPS) is 9.68. The molecule has 0 unspecified atom stereocenters. The van der Waals surface area contributed by atoms with Gasteiger partial charge in [0.25, 0.3) is 5.91 Å². The SMILES string of the molecule is NNC(=O)c1ccc(NC(=O)C(=O)Nc2ccccc2)cc1. The highest BCUT2D eigenvalue weighted by Crippen LogP contribution is 2.10. The lowest BCUT2D eigenvalue weighted by atomic mass is 10.2. The molecule has 112 valence electrons. The van der Waals surface area contributed by atoms with E-state index in [-0.39, 0.29) is 0 Å². The minimum atomic E-state index is -0.806. The summed E-state index contributed by atoms with van der Waals surface area (Å²) >= 11 is 0. The number of hydrogen-bond donors (Lipinski definition) is 4. The Kier molecular flexibility index (Phi) is 4.84. The number of benzene rings is 2. The minimum absolute atomic E-state index is 0.342. The van der Waals surface area contributed by atoms with E-state index in [1.54, 1.807) is 30.3 Å². The van der Waals surface area contributed by atoms with Crippen molar-refractivity contribution in [2.45, 2.75) is 0 Å². The zero-order valence-corrected chi connectivity index (χ0v) is 11.5. The van der Waals surface area contributed by atoms with Crippen molar-refractivity contribution in [3.8, 4) is 0 Å². The third-order valence-corrected chi connectivity index (χ3v) is 2.77. The molecule has 0 aliphatic rings. The molecule has 2 aromatic carbocycles. The number of nitrogen functional groups attached to an aromatic ring is 1. The molecule has 2 rings (SSSR count). The van der Waals surface area contributed by atoms with E-state index in [0.717, 1.165) is 0 Å². The molecule has 0 spiro atoms. The molecule has 0 radical (unpaired) electrons. The van der Waals surface area contributed by atoms with Crippen LogP contribution in [0.25, 0.3) is 0 Å². The second-order valence-corrected chi connectivity index (χ2v) is 4.33. The Morgan fingerprint density at radius 3 is 1.73 bits per heavy atom. The van der Waals surface area contributed by atoms with E-state index in [4.69, 9.17) is 5.84 Å². The molecule has 0 heterocycles. The van der Waals surface area contributed by atoms with Gasteiger partial charge in [-0.25, -0.2) is 5.84 Å². The summed E-state index contributed by atoms with van der Waals surface area (Å²) in [6.07, 6.45) is 0. The molecule has 0 aliphatic carbocycles. The van der Waals surface area contributed by atoms with Gasteiger partial charge in [0.05, 0.1) is 0 Å². The first-order valence-electron chi connectivity index (χ1n) is 6.38. The fourth-order valence-corrected chi connectivity index (χ4v) is 1.69. The number of anilines is 2. The van der Waals surface area contributed by atoms with E-state index in [1.807, 2.05) is 5.43 Å². The van der Waals surface area contributed by atoms with Crippen molar-refractivity contribution in [2.24, 2.45) is 5.84 Å². The van der Waals surface area contributed by atoms with Crippen molar-refractivity contribution >= 4 is 29.1 Å². The maximum Gasteiger partial charge on any atom is 0.314 e. The predicted octanol–water partition coefficient (Wildman–Crippen LogP) is 0.867. The summed E-state index contributed by atoms with van der Waals surface area (Å²) in [7, 11) is 0. The quantitative estimate of drug-likeness (QED) is 0.291. The highest BCUT2D eigenvalue weighted by atomic mass is 16.2. The van der Waals surface area contributed by atoms with Crippen LogP contribution in [0.4, 0.5) is 11.4 Å². The third-order valence-electron chi connectivity index (χ3n) is 2.77. The van der Waals surface area contributed by atoms with E-state index in [1.165, 1.54) is 24.3 Å². The summed E-state index contributed by atoms with van der Waals surface area (Å²) in [6.45, 7) is 0. The summed E-state index contributed by atoms with van der Waals surface area (Å²) < 4.78 is 0. The standard InChI is InChI=1S/C15H14N4O3/c16-19-13(20)10-6-8-12(9-7-10)18-15(22)14(21)17-11-4-2-1-3-5-11/h1-9H,16H2,(H,17,21)(H,18,22)(H,19,20). The predicted molar refractivity (Wildman–Crippen MR) is 81.8 cm³/mol. The van der Waals surface area contributed by atoms with Crippen LogP contribution in [-0.2, 0) is 9.59 Å². The molecular formula is C15H14N4O3. The number of nitrogens with two attached hydrogens (primary N) is 1. The van der Waals surface area contributed by atoms with Gasteiger partial charge in [0.2, 0.25) is 0 Å². The van der Waals surface area contributed by atoms with Crippen molar-refractivity contribution in [3.63, 3.8) is 0 Å². The molecule has 2 aromatic rings. The van der Waals surface area contributed by atoms with Crippen LogP contribution in [0.2, 0.25) is 0 Å². The van der Waals surface area contributed by atoms with Gasteiger partial charge in [0, 0.05) is 16.9 Å².